The van der Waals surface area contributed by atoms with Gasteiger partial charge in [0.05, 0.1) is 12.1 Å². The van der Waals surface area contributed by atoms with E-state index < -0.39 is 28.6 Å². The molecule has 2 aromatic rings. The quantitative estimate of drug-likeness (QED) is 0.694. The Balaban J connectivity index is 1.45. The van der Waals surface area contributed by atoms with Crippen LogP contribution in [0.5, 0.6) is 5.75 Å². The third-order valence-electron chi connectivity index (χ3n) is 7.57. The minimum Gasteiger partial charge on any atom is -0.503 e. The first-order valence-electron chi connectivity index (χ1n) is 11.7. The SMILES string of the molecule is CN1C[C@@H]2CCCC[C@@H]2N2C(=O)c3c(O)c(=O)c(C(=O)CCc4ccc(F)cc4F)cn3C[C@@H]12. The number of halogens is 2. The zero-order valence-corrected chi connectivity index (χ0v) is 19.0. The summed E-state index contributed by atoms with van der Waals surface area (Å²) < 4.78 is 28.6. The van der Waals surface area contributed by atoms with E-state index in [0.29, 0.717) is 12.5 Å². The van der Waals surface area contributed by atoms with Crippen molar-refractivity contribution >= 4 is 11.7 Å². The number of likely N-dealkylation sites (N-methyl/N-ethyl adjacent to an activating group) is 1. The summed E-state index contributed by atoms with van der Waals surface area (Å²) in [6.45, 7) is 1.21. The molecule has 0 spiro atoms. The van der Waals surface area contributed by atoms with E-state index in [1.807, 2.05) is 11.9 Å². The van der Waals surface area contributed by atoms with E-state index >= 15 is 0 Å². The number of hydrogen-bond donors (Lipinski definition) is 1. The van der Waals surface area contributed by atoms with Crippen LogP contribution in [0.25, 0.3) is 0 Å². The first-order chi connectivity index (χ1) is 16.3. The Labute approximate surface area is 195 Å². The third-order valence-corrected chi connectivity index (χ3v) is 7.57. The molecule has 1 amide bonds. The van der Waals surface area contributed by atoms with E-state index in [2.05, 4.69) is 4.90 Å². The Hall–Kier alpha value is -3.07. The number of pyridine rings is 1. The second kappa shape index (κ2) is 8.61. The lowest BCUT2D eigenvalue weighted by Crippen LogP contribution is -2.66. The molecule has 3 aliphatic rings. The lowest BCUT2D eigenvalue weighted by molar-refractivity contribution is -0.0628. The standard InChI is InChI=1S/C25H27F2N3O4/c1-28-11-15-4-2-3-5-19(15)30-21(28)13-29-12-17(23(32)24(33)22(29)25(30)34)20(31)9-7-14-6-8-16(26)10-18(14)27/h6,8,10,12,15,19,21,33H,2-5,7,9,11,13H2,1H3/t15-,19-,21-/m0/s1. The fraction of sp³-hybridized carbons (Fsp3) is 0.480. The number of aromatic hydroxyl groups is 1. The summed E-state index contributed by atoms with van der Waals surface area (Å²) in [4.78, 5) is 43.2. The van der Waals surface area contributed by atoms with Crippen molar-refractivity contribution in [1.29, 1.82) is 0 Å². The number of ketones is 1. The summed E-state index contributed by atoms with van der Waals surface area (Å²) in [6.07, 6.45) is 5.04. The minimum atomic E-state index is -0.895. The molecule has 3 atom stereocenters. The summed E-state index contributed by atoms with van der Waals surface area (Å²) in [7, 11) is 1.96. The summed E-state index contributed by atoms with van der Waals surface area (Å²) in [5, 5.41) is 10.7. The van der Waals surface area contributed by atoms with Gasteiger partial charge in [0.15, 0.2) is 17.2 Å². The van der Waals surface area contributed by atoms with Crippen LogP contribution in [0.4, 0.5) is 8.78 Å². The molecule has 0 unspecified atom stereocenters. The third kappa shape index (κ3) is 3.72. The Kier molecular flexibility index (Phi) is 5.75. The largest absolute Gasteiger partial charge is 0.503 e. The van der Waals surface area contributed by atoms with Gasteiger partial charge < -0.3 is 14.6 Å². The summed E-state index contributed by atoms with van der Waals surface area (Å²) >= 11 is 0. The molecule has 34 heavy (non-hydrogen) atoms. The molecule has 1 saturated carbocycles. The molecular formula is C25H27F2N3O4. The highest BCUT2D eigenvalue weighted by Crippen LogP contribution is 2.38. The van der Waals surface area contributed by atoms with Gasteiger partial charge in [-0.05, 0) is 43.9 Å². The fourth-order valence-corrected chi connectivity index (χ4v) is 5.83. The molecule has 0 radical (unpaired) electrons. The number of rotatable bonds is 4. The van der Waals surface area contributed by atoms with Crippen molar-refractivity contribution < 1.29 is 23.5 Å². The van der Waals surface area contributed by atoms with E-state index in [-0.39, 0.29) is 47.8 Å². The fourth-order valence-electron chi connectivity index (χ4n) is 5.83. The normalized spacial score (nSPS) is 24.4. The Morgan fingerprint density at radius 1 is 1.15 bits per heavy atom. The monoisotopic (exact) mass is 471 g/mol. The van der Waals surface area contributed by atoms with Crippen LogP contribution < -0.4 is 5.43 Å². The first-order valence-corrected chi connectivity index (χ1v) is 11.7. The maximum atomic E-state index is 13.9. The first kappa shape index (κ1) is 22.7. The number of fused-ring (bicyclic) bond motifs is 4. The van der Waals surface area contributed by atoms with Gasteiger partial charge in [0.25, 0.3) is 5.91 Å². The summed E-state index contributed by atoms with van der Waals surface area (Å²) in [5.74, 6) is -2.78. The number of hydrogen-bond acceptors (Lipinski definition) is 5. The second-order valence-electron chi connectivity index (χ2n) is 9.62. The molecule has 5 rings (SSSR count). The van der Waals surface area contributed by atoms with Crippen molar-refractivity contribution in [3.05, 3.63) is 63.1 Å². The van der Waals surface area contributed by atoms with Gasteiger partial charge in [-0.2, -0.15) is 0 Å². The maximum Gasteiger partial charge on any atom is 0.276 e. The van der Waals surface area contributed by atoms with Gasteiger partial charge in [-0.1, -0.05) is 18.9 Å². The van der Waals surface area contributed by atoms with Crippen LogP contribution in [0.15, 0.2) is 29.2 Å². The number of nitrogens with zero attached hydrogens (tertiary/aromatic N) is 3. The molecule has 3 heterocycles. The Morgan fingerprint density at radius 3 is 2.68 bits per heavy atom. The smallest absolute Gasteiger partial charge is 0.276 e. The van der Waals surface area contributed by atoms with Gasteiger partial charge in [-0.15, -0.1) is 0 Å². The van der Waals surface area contributed by atoms with Crippen molar-refractivity contribution in [2.75, 3.05) is 13.6 Å². The lowest BCUT2D eigenvalue weighted by atomic mass is 9.80. The molecule has 180 valence electrons. The zero-order chi connectivity index (χ0) is 24.1. The van der Waals surface area contributed by atoms with Gasteiger partial charge in [-0.25, -0.2) is 8.78 Å². The molecule has 7 nitrogen and oxygen atoms in total. The summed E-state index contributed by atoms with van der Waals surface area (Å²) in [5.41, 5.74) is -1.05. The van der Waals surface area contributed by atoms with Crippen LogP contribution in [0.2, 0.25) is 0 Å². The topological polar surface area (TPSA) is 82.8 Å². The predicted molar refractivity (Wildman–Crippen MR) is 120 cm³/mol. The zero-order valence-electron chi connectivity index (χ0n) is 19.0. The Morgan fingerprint density at radius 2 is 1.91 bits per heavy atom. The van der Waals surface area contributed by atoms with E-state index in [0.717, 1.165) is 44.4 Å². The molecule has 1 aliphatic carbocycles. The van der Waals surface area contributed by atoms with Crippen LogP contribution in [0.1, 0.15) is 58.5 Å². The Bertz CT molecular complexity index is 1230. The van der Waals surface area contributed by atoms with Crippen LogP contribution in [0, 0.1) is 17.6 Å². The van der Waals surface area contributed by atoms with Gasteiger partial charge in [-0.3, -0.25) is 19.3 Å². The lowest BCUT2D eigenvalue weighted by Gasteiger charge is -2.54. The van der Waals surface area contributed by atoms with Crippen LogP contribution in [-0.2, 0) is 13.0 Å². The van der Waals surface area contributed by atoms with Crippen LogP contribution in [-0.4, -0.2) is 57.0 Å². The average Bonchev–Trinajstić information content (AvgIpc) is 2.80. The van der Waals surface area contributed by atoms with Gasteiger partial charge in [0, 0.05) is 31.3 Å². The molecule has 2 aliphatic heterocycles. The van der Waals surface area contributed by atoms with Crippen LogP contribution in [0.3, 0.4) is 0 Å². The number of aromatic nitrogens is 1. The van der Waals surface area contributed by atoms with Crippen molar-refractivity contribution in [1.82, 2.24) is 14.4 Å². The molecule has 0 bridgehead atoms. The molecule has 9 heteroatoms. The van der Waals surface area contributed by atoms with Crippen molar-refractivity contribution in [3.8, 4) is 5.75 Å². The second-order valence-corrected chi connectivity index (χ2v) is 9.62. The van der Waals surface area contributed by atoms with E-state index in [1.54, 1.807) is 0 Å². The van der Waals surface area contributed by atoms with E-state index in [4.69, 9.17) is 0 Å². The number of carbonyl (C=O) groups is 2. The van der Waals surface area contributed by atoms with Gasteiger partial charge in [0.1, 0.15) is 17.8 Å². The number of carbonyl (C=O) groups excluding carboxylic acids is 2. The maximum absolute atomic E-state index is 13.9. The van der Waals surface area contributed by atoms with E-state index in [9.17, 15) is 28.3 Å². The molecule has 1 aromatic heterocycles. The number of Topliss-reactive ketones (excluding diaryl/α,β-unsaturated/α-hetero) is 1. The molecule has 1 aromatic carbocycles. The highest BCUT2D eigenvalue weighted by atomic mass is 19.1. The number of amides is 1. The highest BCUT2D eigenvalue weighted by molar-refractivity contribution is 6.00. The molecule has 1 N–H and O–H groups in total. The highest BCUT2D eigenvalue weighted by Gasteiger charge is 2.47. The summed E-state index contributed by atoms with van der Waals surface area (Å²) in [6, 6.07) is 3.20. The number of aryl methyl sites for hydroxylation is 1. The molecule has 1 saturated heterocycles. The molecular weight excluding hydrogens is 444 g/mol. The van der Waals surface area contributed by atoms with Crippen LogP contribution >= 0.6 is 0 Å². The van der Waals surface area contributed by atoms with E-state index in [1.165, 1.54) is 16.8 Å². The van der Waals surface area contributed by atoms with Crippen molar-refractivity contribution in [3.63, 3.8) is 0 Å². The number of benzene rings is 1. The molecule has 2 fully saturated rings. The van der Waals surface area contributed by atoms with Gasteiger partial charge in [0.2, 0.25) is 5.43 Å². The van der Waals surface area contributed by atoms with Crippen molar-refractivity contribution in [2.24, 2.45) is 5.92 Å². The average molecular weight is 472 g/mol. The predicted octanol–water partition coefficient (Wildman–Crippen LogP) is 2.93. The van der Waals surface area contributed by atoms with Crippen molar-refractivity contribution in [2.45, 2.75) is 57.3 Å². The minimum absolute atomic E-state index is 0.0198. The van der Waals surface area contributed by atoms with Gasteiger partial charge >= 0.3 is 0 Å².